The van der Waals surface area contributed by atoms with E-state index in [2.05, 4.69) is 32.0 Å². The van der Waals surface area contributed by atoms with E-state index in [1.54, 1.807) is 28.7 Å². The zero-order valence-electron chi connectivity index (χ0n) is 18.0. The molecule has 10 heteroatoms. The van der Waals surface area contributed by atoms with Gasteiger partial charge < -0.3 is 10.1 Å². The molecule has 32 heavy (non-hydrogen) atoms. The zero-order valence-corrected chi connectivity index (χ0v) is 18.8. The number of amides is 1. The summed E-state index contributed by atoms with van der Waals surface area (Å²) in [6.07, 6.45) is 1.66. The Balaban J connectivity index is 1.39. The lowest BCUT2D eigenvalue weighted by Gasteiger charge is -2.10. The van der Waals surface area contributed by atoms with E-state index < -0.39 is 0 Å². The van der Waals surface area contributed by atoms with Crippen LogP contribution in [0.2, 0.25) is 0 Å². The standard InChI is InChI=1S/C22H23N7O2S/c1-15-4-9-19(16(2)12-15)29-22(25-26-27-29)32-14-21(30)24-20-10-11-23-28(20)13-17-5-7-18(31-3)8-6-17/h4-12H,13-14H2,1-3H3,(H,24,30). The van der Waals surface area contributed by atoms with Crippen molar-refractivity contribution in [1.29, 1.82) is 0 Å². The maximum Gasteiger partial charge on any atom is 0.235 e. The lowest BCUT2D eigenvalue weighted by molar-refractivity contribution is -0.113. The molecule has 0 aliphatic rings. The first-order valence-corrected chi connectivity index (χ1v) is 11.0. The Morgan fingerprint density at radius 3 is 2.69 bits per heavy atom. The number of anilines is 1. The van der Waals surface area contributed by atoms with E-state index in [9.17, 15) is 4.79 Å². The van der Waals surface area contributed by atoms with Gasteiger partial charge in [-0.25, -0.2) is 4.68 Å². The van der Waals surface area contributed by atoms with Gasteiger partial charge in [-0.3, -0.25) is 4.79 Å². The highest BCUT2D eigenvalue weighted by Gasteiger charge is 2.14. The third-order valence-corrected chi connectivity index (χ3v) is 5.75. The normalized spacial score (nSPS) is 10.8. The van der Waals surface area contributed by atoms with Crippen LogP contribution in [0.5, 0.6) is 5.75 Å². The first kappa shape index (κ1) is 21.6. The number of benzene rings is 2. The van der Waals surface area contributed by atoms with Crippen molar-refractivity contribution in [3.63, 3.8) is 0 Å². The maximum absolute atomic E-state index is 12.6. The molecule has 0 radical (unpaired) electrons. The summed E-state index contributed by atoms with van der Waals surface area (Å²) in [6.45, 7) is 4.58. The van der Waals surface area contributed by atoms with Crippen LogP contribution in [0.25, 0.3) is 5.69 Å². The van der Waals surface area contributed by atoms with Gasteiger partial charge in [0.25, 0.3) is 0 Å². The van der Waals surface area contributed by atoms with Crippen LogP contribution in [0.1, 0.15) is 16.7 Å². The molecule has 0 aliphatic carbocycles. The number of ether oxygens (including phenoxy) is 1. The molecule has 2 aromatic heterocycles. The van der Waals surface area contributed by atoms with Crippen LogP contribution in [0.15, 0.2) is 59.9 Å². The van der Waals surface area contributed by atoms with Gasteiger partial charge in [-0.2, -0.15) is 9.78 Å². The molecule has 2 heterocycles. The number of rotatable bonds is 8. The van der Waals surface area contributed by atoms with Gasteiger partial charge in [0, 0.05) is 6.07 Å². The Hall–Kier alpha value is -3.66. The summed E-state index contributed by atoms with van der Waals surface area (Å²) in [7, 11) is 1.63. The molecular weight excluding hydrogens is 426 g/mol. The highest BCUT2D eigenvalue weighted by molar-refractivity contribution is 7.99. The topological polar surface area (TPSA) is 99.8 Å². The van der Waals surface area contributed by atoms with Gasteiger partial charge in [0.05, 0.1) is 31.3 Å². The molecule has 0 unspecified atom stereocenters. The second-order valence-corrected chi connectivity index (χ2v) is 8.16. The van der Waals surface area contributed by atoms with E-state index in [1.165, 1.54) is 17.3 Å². The molecule has 0 saturated heterocycles. The van der Waals surface area contributed by atoms with E-state index in [0.29, 0.717) is 17.5 Å². The van der Waals surface area contributed by atoms with Gasteiger partial charge >= 0.3 is 0 Å². The Morgan fingerprint density at radius 2 is 1.94 bits per heavy atom. The molecule has 0 fully saturated rings. The number of aromatic nitrogens is 6. The molecule has 9 nitrogen and oxygen atoms in total. The molecule has 0 spiro atoms. The van der Waals surface area contributed by atoms with Gasteiger partial charge in [-0.15, -0.1) is 5.10 Å². The number of tetrazole rings is 1. The number of hydrogen-bond acceptors (Lipinski definition) is 7. The molecule has 1 amide bonds. The smallest absolute Gasteiger partial charge is 0.235 e. The van der Waals surface area contributed by atoms with E-state index >= 15 is 0 Å². The quantitative estimate of drug-likeness (QED) is 0.412. The van der Waals surface area contributed by atoms with Crippen LogP contribution in [-0.2, 0) is 11.3 Å². The van der Waals surface area contributed by atoms with Crippen LogP contribution >= 0.6 is 11.8 Å². The molecule has 2 aromatic carbocycles. The van der Waals surface area contributed by atoms with Gasteiger partial charge in [-0.1, -0.05) is 41.6 Å². The van der Waals surface area contributed by atoms with E-state index in [-0.39, 0.29) is 11.7 Å². The van der Waals surface area contributed by atoms with Crippen LogP contribution < -0.4 is 10.1 Å². The average Bonchev–Trinajstić information content (AvgIpc) is 3.42. The lowest BCUT2D eigenvalue weighted by Crippen LogP contribution is -2.18. The summed E-state index contributed by atoms with van der Waals surface area (Å²) in [5.74, 6) is 1.42. The number of carbonyl (C=O) groups is 1. The number of nitrogens with zero attached hydrogens (tertiary/aromatic N) is 6. The molecule has 0 bridgehead atoms. The number of hydrogen-bond donors (Lipinski definition) is 1. The number of aryl methyl sites for hydroxylation is 2. The van der Waals surface area contributed by atoms with Crippen molar-refractivity contribution in [3.8, 4) is 11.4 Å². The molecule has 4 rings (SSSR count). The monoisotopic (exact) mass is 449 g/mol. The highest BCUT2D eigenvalue weighted by Crippen LogP contribution is 2.22. The van der Waals surface area contributed by atoms with Crippen molar-refractivity contribution in [3.05, 3.63) is 71.4 Å². The third kappa shape index (κ3) is 4.97. The van der Waals surface area contributed by atoms with Crippen LogP contribution in [0.3, 0.4) is 0 Å². The second-order valence-electron chi connectivity index (χ2n) is 7.22. The average molecular weight is 450 g/mol. The Kier molecular flexibility index (Phi) is 6.50. The number of thioether (sulfide) groups is 1. The Morgan fingerprint density at radius 1 is 1.12 bits per heavy atom. The predicted octanol–water partition coefficient (Wildman–Crippen LogP) is 3.26. The van der Waals surface area contributed by atoms with Crippen molar-refractivity contribution < 1.29 is 9.53 Å². The molecule has 0 saturated carbocycles. The van der Waals surface area contributed by atoms with Crippen molar-refractivity contribution in [1.82, 2.24) is 30.0 Å². The molecular formula is C22H23N7O2S. The second kappa shape index (κ2) is 9.65. The van der Waals surface area contributed by atoms with Crippen molar-refractivity contribution in [2.75, 3.05) is 18.2 Å². The largest absolute Gasteiger partial charge is 0.497 e. The Labute approximate surface area is 189 Å². The van der Waals surface area contributed by atoms with Crippen LogP contribution in [0, 0.1) is 13.8 Å². The minimum atomic E-state index is -0.165. The SMILES string of the molecule is COc1ccc(Cn2nccc2NC(=O)CSc2nnnn2-c2ccc(C)cc2C)cc1. The summed E-state index contributed by atoms with van der Waals surface area (Å²) in [5.41, 5.74) is 4.17. The van der Waals surface area contributed by atoms with Gasteiger partial charge in [0.15, 0.2) is 0 Å². The Bertz CT molecular complexity index is 1220. The van der Waals surface area contributed by atoms with Gasteiger partial charge in [0.1, 0.15) is 11.6 Å². The molecule has 4 aromatic rings. The highest BCUT2D eigenvalue weighted by atomic mass is 32.2. The fourth-order valence-electron chi connectivity index (χ4n) is 3.24. The molecule has 164 valence electrons. The molecule has 0 atom stereocenters. The summed E-state index contributed by atoms with van der Waals surface area (Å²) >= 11 is 1.28. The van der Waals surface area contributed by atoms with Crippen molar-refractivity contribution in [2.45, 2.75) is 25.5 Å². The van der Waals surface area contributed by atoms with E-state index in [4.69, 9.17) is 4.74 Å². The van der Waals surface area contributed by atoms with Crippen LogP contribution in [0.4, 0.5) is 5.82 Å². The third-order valence-electron chi connectivity index (χ3n) is 4.83. The number of methoxy groups -OCH3 is 1. The summed E-state index contributed by atoms with van der Waals surface area (Å²) in [4.78, 5) is 12.6. The van der Waals surface area contributed by atoms with Crippen molar-refractivity contribution in [2.24, 2.45) is 0 Å². The predicted molar refractivity (Wildman–Crippen MR) is 122 cm³/mol. The minimum Gasteiger partial charge on any atom is -0.497 e. The zero-order chi connectivity index (χ0) is 22.5. The van der Waals surface area contributed by atoms with Gasteiger partial charge in [-0.05, 0) is 53.6 Å². The fourth-order valence-corrected chi connectivity index (χ4v) is 3.92. The van der Waals surface area contributed by atoms with E-state index in [1.807, 2.05) is 50.2 Å². The number of nitrogens with one attached hydrogen (secondary N) is 1. The van der Waals surface area contributed by atoms with Crippen LogP contribution in [-0.4, -0.2) is 48.8 Å². The first-order chi connectivity index (χ1) is 15.5. The summed E-state index contributed by atoms with van der Waals surface area (Å²) < 4.78 is 8.58. The number of carbonyl (C=O) groups excluding carboxylic acids is 1. The maximum atomic E-state index is 12.6. The van der Waals surface area contributed by atoms with Gasteiger partial charge in [0.2, 0.25) is 11.1 Å². The summed E-state index contributed by atoms with van der Waals surface area (Å²) in [5, 5.41) is 19.7. The summed E-state index contributed by atoms with van der Waals surface area (Å²) in [6, 6.07) is 15.6. The van der Waals surface area contributed by atoms with Crippen molar-refractivity contribution >= 4 is 23.5 Å². The molecule has 1 N–H and O–H groups in total. The fraction of sp³-hybridized carbons (Fsp3) is 0.227. The van der Waals surface area contributed by atoms with E-state index in [0.717, 1.165) is 22.6 Å². The first-order valence-electron chi connectivity index (χ1n) is 9.97. The minimum absolute atomic E-state index is 0.165. The molecule has 0 aliphatic heterocycles. The lowest BCUT2D eigenvalue weighted by atomic mass is 10.1.